The van der Waals surface area contributed by atoms with Crippen LogP contribution in [0, 0.1) is 17.3 Å². The van der Waals surface area contributed by atoms with Crippen molar-refractivity contribution in [2.24, 2.45) is 4.99 Å². The Bertz CT molecular complexity index is 805. The Morgan fingerprint density at radius 3 is 2.67 bits per heavy atom. The number of hydrogen-bond acceptors (Lipinski definition) is 6. The van der Waals surface area contributed by atoms with E-state index >= 15 is 0 Å². The SMILES string of the molecule is Cc1cc2c(s1)N([O-])c1ccccc1N=C2N1CC[N+](C)([O-])CC1. The van der Waals surface area contributed by atoms with Gasteiger partial charge in [0, 0.05) is 4.88 Å². The second kappa shape index (κ2) is 5.56. The summed E-state index contributed by atoms with van der Waals surface area (Å²) in [5.41, 5.74) is 2.11. The second-order valence-corrected chi connectivity index (χ2v) is 7.76. The number of para-hydroxylation sites is 2. The fraction of sp³-hybridized carbons (Fsp3) is 0.353. The summed E-state index contributed by atoms with van der Waals surface area (Å²) in [6.45, 7) is 4.35. The molecule has 0 radical (unpaired) electrons. The van der Waals surface area contributed by atoms with E-state index in [1.807, 2.05) is 31.2 Å². The van der Waals surface area contributed by atoms with E-state index in [-0.39, 0.29) is 4.65 Å². The Morgan fingerprint density at radius 2 is 1.92 bits per heavy atom. The monoisotopic (exact) mass is 343 g/mol. The quantitative estimate of drug-likeness (QED) is 0.543. The molecule has 4 rings (SSSR count). The van der Waals surface area contributed by atoms with Crippen LogP contribution in [0.4, 0.5) is 16.4 Å². The van der Waals surface area contributed by atoms with Gasteiger partial charge in [0.05, 0.1) is 55.2 Å². The molecule has 2 aliphatic heterocycles. The summed E-state index contributed by atoms with van der Waals surface area (Å²) in [6, 6.07) is 9.43. The lowest BCUT2D eigenvalue weighted by Crippen LogP contribution is -2.55. The van der Waals surface area contributed by atoms with E-state index in [2.05, 4.69) is 4.90 Å². The third-order valence-electron chi connectivity index (χ3n) is 4.57. The van der Waals surface area contributed by atoms with Crippen molar-refractivity contribution in [2.45, 2.75) is 6.92 Å². The molecule has 0 saturated carbocycles. The van der Waals surface area contributed by atoms with Gasteiger partial charge >= 0.3 is 0 Å². The molecule has 0 aliphatic carbocycles. The van der Waals surface area contributed by atoms with Crippen molar-refractivity contribution >= 4 is 33.5 Å². The molecule has 2 aromatic rings. The number of amidine groups is 1. The summed E-state index contributed by atoms with van der Waals surface area (Å²) < 4.78 is -0.219. The minimum Gasteiger partial charge on any atom is -0.753 e. The minimum absolute atomic E-state index is 0.219. The standard InChI is InChI=1S/C17H19N4O2S/c1-12-11-13-16(19-7-9-21(2,23)10-8-19)18-14-5-3-4-6-15(14)20(22)17(13)24-12/h3-6,11H,7-10H2,1-2H3/q-1. The van der Waals surface area contributed by atoms with Crippen LogP contribution in [0.15, 0.2) is 35.3 Å². The van der Waals surface area contributed by atoms with Crippen LogP contribution in [0.25, 0.3) is 0 Å². The van der Waals surface area contributed by atoms with Crippen molar-refractivity contribution in [3.05, 3.63) is 51.2 Å². The number of nitrogens with zero attached hydrogens (tertiary/aromatic N) is 4. The van der Waals surface area contributed by atoms with E-state index in [9.17, 15) is 10.4 Å². The van der Waals surface area contributed by atoms with Gasteiger partial charge < -0.3 is 25.0 Å². The molecule has 0 atom stereocenters. The van der Waals surface area contributed by atoms with Crippen LogP contribution < -0.4 is 5.06 Å². The molecule has 0 spiro atoms. The molecule has 0 amide bonds. The number of likely N-dealkylation sites (N-methyl/N-ethyl adjacent to an activating group) is 1. The number of hydroxylamine groups is 3. The van der Waals surface area contributed by atoms with Gasteiger partial charge in [-0.05, 0) is 25.1 Å². The lowest BCUT2D eigenvalue weighted by molar-refractivity contribution is -0.864. The zero-order valence-corrected chi connectivity index (χ0v) is 14.5. The Labute approximate surface area is 145 Å². The zero-order valence-electron chi connectivity index (χ0n) is 13.7. The molecule has 7 heteroatoms. The lowest BCUT2D eigenvalue weighted by Gasteiger charge is -2.45. The van der Waals surface area contributed by atoms with Gasteiger partial charge in [-0.1, -0.05) is 12.1 Å². The van der Waals surface area contributed by atoms with Crippen molar-refractivity contribution < 1.29 is 4.65 Å². The van der Waals surface area contributed by atoms with Gasteiger partial charge in [0.25, 0.3) is 0 Å². The molecular formula is C17H19N4O2S-. The fourth-order valence-corrected chi connectivity index (χ4v) is 4.09. The number of hydrogen-bond donors (Lipinski definition) is 0. The van der Waals surface area contributed by atoms with Crippen LogP contribution in [0.3, 0.4) is 0 Å². The topological polar surface area (TPSA) is 65.0 Å². The summed E-state index contributed by atoms with van der Waals surface area (Å²) in [6.07, 6.45) is 0. The van der Waals surface area contributed by atoms with Crippen LogP contribution in [-0.2, 0) is 0 Å². The molecule has 0 unspecified atom stereocenters. The number of aliphatic imine (C=N–C) groups is 1. The van der Waals surface area contributed by atoms with Crippen molar-refractivity contribution in [3.63, 3.8) is 0 Å². The third-order valence-corrected chi connectivity index (χ3v) is 5.59. The van der Waals surface area contributed by atoms with Gasteiger partial charge in [-0.2, -0.15) is 0 Å². The molecule has 24 heavy (non-hydrogen) atoms. The number of thiophene rings is 1. The summed E-state index contributed by atoms with van der Waals surface area (Å²) in [5.74, 6) is 0.805. The molecule has 126 valence electrons. The number of fused-ring (bicyclic) bond motifs is 2. The number of aryl methyl sites for hydroxylation is 1. The Balaban J connectivity index is 1.82. The highest BCUT2D eigenvalue weighted by Gasteiger charge is 2.29. The Hall–Kier alpha value is -1.93. The first-order chi connectivity index (χ1) is 11.4. The zero-order chi connectivity index (χ0) is 16.9. The van der Waals surface area contributed by atoms with E-state index < -0.39 is 0 Å². The van der Waals surface area contributed by atoms with E-state index in [0.717, 1.165) is 21.3 Å². The van der Waals surface area contributed by atoms with Gasteiger partial charge in [0.15, 0.2) is 0 Å². The average molecular weight is 343 g/mol. The predicted octanol–water partition coefficient (Wildman–Crippen LogP) is 3.34. The van der Waals surface area contributed by atoms with Gasteiger partial charge in [-0.25, -0.2) is 4.99 Å². The van der Waals surface area contributed by atoms with Gasteiger partial charge in [-0.3, -0.25) is 0 Å². The molecule has 2 aliphatic rings. The molecule has 1 saturated heterocycles. The third kappa shape index (κ3) is 2.59. The highest BCUT2D eigenvalue weighted by Crippen LogP contribution is 2.43. The average Bonchev–Trinajstić information content (AvgIpc) is 2.90. The van der Waals surface area contributed by atoms with Crippen LogP contribution in [-0.4, -0.2) is 48.6 Å². The van der Waals surface area contributed by atoms with Crippen molar-refractivity contribution in [1.82, 2.24) is 4.90 Å². The molecule has 6 nitrogen and oxygen atoms in total. The van der Waals surface area contributed by atoms with Crippen molar-refractivity contribution in [3.8, 4) is 0 Å². The first-order valence-electron chi connectivity index (χ1n) is 8.01. The molecule has 1 fully saturated rings. The smallest absolute Gasteiger partial charge is 0.140 e. The summed E-state index contributed by atoms with van der Waals surface area (Å²) in [5, 5.41) is 26.6. The summed E-state index contributed by atoms with van der Waals surface area (Å²) >= 11 is 1.48. The highest BCUT2D eigenvalue weighted by atomic mass is 32.1. The van der Waals surface area contributed by atoms with Crippen LogP contribution in [0.5, 0.6) is 0 Å². The molecule has 0 bridgehead atoms. The largest absolute Gasteiger partial charge is 0.753 e. The van der Waals surface area contributed by atoms with E-state index in [1.165, 1.54) is 11.3 Å². The van der Waals surface area contributed by atoms with Gasteiger partial charge in [-0.15, -0.1) is 11.3 Å². The maximum absolute atomic E-state index is 12.9. The highest BCUT2D eigenvalue weighted by molar-refractivity contribution is 7.16. The fourth-order valence-electron chi connectivity index (χ4n) is 3.17. The maximum atomic E-state index is 12.9. The van der Waals surface area contributed by atoms with Crippen LogP contribution in [0.1, 0.15) is 10.4 Å². The van der Waals surface area contributed by atoms with Crippen LogP contribution in [0.2, 0.25) is 0 Å². The summed E-state index contributed by atoms with van der Waals surface area (Å²) in [7, 11) is 1.71. The molecule has 0 N–H and O–H groups in total. The number of rotatable bonds is 0. The first kappa shape index (κ1) is 15.6. The first-order valence-corrected chi connectivity index (χ1v) is 8.82. The minimum atomic E-state index is -0.219. The lowest BCUT2D eigenvalue weighted by atomic mass is 10.2. The maximum Gasteiger partial charge on any atom is 0.140 e. The number of anilines is 2. The molecular weight excluding hydrogens is 324 g/mol. The molecule has 1 aromatic heterocycles. The number of benzene rings is 1. The van der Waals surface area contributed by atoms with Crippen LogP contribution >= 0.6 is 11.3 Å². The van der Waals surface area contributed by atoms with Crippen molar-refractivity contribution in [1.29, 1.82) is 0 Å². The number of piperazine rings is 1. The van der Waals surface area contributed by atoms with Gasteiger partial charge in [0.2, 0.25) is 0 Å². The van der Waals surface area contributed by atoms with Gasteiger partial charge in [0.1, 0.15) is 5.84 Å². The molecule has 3 heterocycles. The van der Waals surface area contributed by atoms with Crippen molar-refractivity contribution in [2.75, 3.05) is 38.3 Å². The summed E-state index contributed by atoms with van der Waals surface area (Å²) in [4.78, 5) is 8.03. The Kier molecular flexibility index (Phi) is 3.61. The molecule has 1 aromatic carbocycles. The van der Waals surface area contributed by atoms with E-state index in [1.54, 1.807) is 13.1 Å². The second-order valence-electron chi connectivity index (χ2n) is 6.53. The normalized spacial score (nSPS) is 19.4. The van der Waals surface area contributed by atoms with E-state index in [0.29, 0.717) is 42.6 Å². The predicted molar refractivity (Wildman–Crippen MR) is 98.1 cm³/mol. The van der Waals surface area contributed by atoms with E-state index in [4.69, 9.17) is 4.99 Å². The number of quaternary nitrogens is 1. The Morgan fingerprint density at radius 1 is 1.21 bits per heavy atom.